The van der Waals surface area contributed by atoms with Crippen LogP contribution >= 0.6 is 11.6 Å². The van der Waals surface area contributed by atoms with Crippen molar-refractivity contribution in [3.63, 3.8) is 0 Å². The van der Waals surface area contributed by atoms with Gasteiger partial charge in [0, 0.05) is 28.7 Å². The van der Waals surface area contributed by atoms with Crippen molar-refractivity contribution in [2.75, 3.05) is 12.4 Å². The van der Waals surface area contributed by atoms with E-state index in [-0.39, 0.29) is 11.7 Å². The van der Waals surface area contributed by atoms with E-state index in [1.165, 1.54) is 19.3 Å². The first-order valence-electron chi connectivity index (χ1n) is 9.04. The second kappa shape index (κ2) is 7.62. The van der Waals surface area contributed by atoms with E-state index < -0.39 is 0 Å². The molecule has 0 bridgehead atoms. The molecule has 1 aliphatic carbocycles. The first kappa shape index (κ1) is 17.9. The van der Waals surface area contributed by atoms with Gasteiger partial charge in [0.05, 0.1) is 7.11 Å². The number of furan rings is 1. The molecule has 4 rings (SSSR count). The van der Waals surface area contributed by atoms with Crippen LogP contribution < -0.4 is 15.4 Å². The van der Waals surface area contributed by atoms with Crippen LogP contribution in [-0.4, -0.2) is 19.1 Å². The molecule has 0 radical (unpaired) electrons. The van der Waals surface area contributed by atoms with Gasteiger partial charge in [-0.2, -0.15) is 0 Å². The predicted molar refractivity (Wildman–Crippen MR) is 107 cm³/mol. The maximum absolute atomic E-state index is 12.6. The van der Waals surface area contributed by atoms with Gasteiger partial charge < -0.3 is 19.8 Å². The monoisotopic (exact) mass is 384 g/mol. The Kier molecular flexibility index (Phi) is 5.05. The van der Waals surface area contributed by atoms with Crippen LogP contribution in [0.3, 0.4) is 0 Å². The van der Waals surface area contributed by atoms with Gasteiger partial charge >= 0.3 is 0 Å². The van der Waals surface area contributed by atoms with Crippen molar-refractivity contribution in [3.05, 3.63) is 58.8 Å². The molecule has 1 amide bonds. The smallest absolute Gasteiger partial charge is 0.291 e. The summed E-state index contributed by atoms with van der Waals surface area (Å²) in [5.74, 6) is 0.547. The fourth-order valence-electron chi connectivity index (χ4n) is 3.17. The van der Waals surface area contributed by atoms with Crippen molar-refractivity contribution in [2.24, 2.45) is 0 Å². The largest absolute Gasteiger partial charge is 0.493 e. The normalized spacial score (nSPS) is 14.1. The number of nitrogens with one attached hydrogen (secondary N) is 2. The van der Waals surface area contributed by atoms with Crippen LogP contribution in [0.1, 0.15) is 35.4 Å². The van der Waals surface area contributed by atoms with E-state index >= 15 is 0 Å². The molecule has 140 valence electrons. The highest BCUT2D eigenvalue weighted by atomic mass is 35.5. The van der Waals surface area contributed by atoms with Crippen LogP contribution in [0.2, 0.25) is 5.02 Å². The minimum absolute atomic E-state index is 0.245. The molecule has 1 heterocycles. The number of amides is 1. The number of hydrogen-bond acceptors (Lipinski definition) is 4. The van der Waals surface area contributed by atoms with Gasteiger partial charge in [0.1, 0.15) is 0 Å². The van der Waals surface area contributed by atoms with Crippen LogP contribution in [0.4, 0.5) is 5.69 Å². The Labute approximate surface area is 162 Å². The average molecular weight is 385 g/mol. The van der Waals surface area contributed by atoms with Gasteiger partial charge in [-0.3, -0.25) is 4.79 Å². The van der Waals surface area contributed by atoms with E-state index in [1.807, 2.05) is 12.1 Å². The third-order valence-electron chi connectivity index (χ3n) is 4.97. The molecule has 5 nitrogen and oxygen atoms in total. The minimum Gasteiger partial charge on any atom is -0.493 e. The number of rotatable bonds is 6. The minimum atomic E-state index is -0.312. The Morgan fingerprint density at radius 1 is 1.22 bits per heavy atom. The molecule has 0 unspecified atom stereocenters. The molecule has 6 heteroatoms. The molecule has 27 heavy (non-hydrogen) atoms. The van der Waals surface area contributed by atoms with Crippen LogP contribution in [0.25, 0.3) is 11.0 Å². The lowest BCUT2D eigenvalue weighted by molar-refractivity contribution is 0.0998. The number of carbonyl (C=O) groups excluding carboxylic acids is 1. The molecule has 1 aliphatic rings. The number of methoxy groups -OCH3 is 1. The molecule has 0 saturated heterocycles. The lowest BCUT2D eigenvalue weighted by Crippen LogP contribution is -2.34. The fraction of sp³-hybridized carbons (Fsp3) is 0.286. The summed E-state index contributed by atoms with van der Waals surface area (Å²) in [4.78, 5) is 12.6. The third kappa shape index (κ3) is 3.80. The van der Waals surface area contributed by atoms with E-state index in [0.717, 1.165) is 17.5 Å². The topological polar surface area (TPSA) is 63.5 Å². The van der Waals surface area contributed by atoms with Crippen LogP contribution in [0.5, 0.6) is 5.75 Å². The quantitative estimate of drug-likeness (QED) is 0.628. The summed E-state index contributed by atoms with van der Waals surface area (Å²) in [5, 5.41) is 7.88. The standard InChI is InChI=1S/C21H21ClN2O3/c1-26-18-10-5-13(12-23-15-3-2-4-15)17-11-19(27-20(17)18)21(25)24-16-8-6-14(22)7-9-16/h5-11,15,23H,2-4,12H2,1H3,(H,24,25). The molecule has 0 atom stereocenters. The highest BCUT2D eigenvalue weighted by Gasteiger charge is 2.20. The number of fused-ring (bicyclic) bond motifs is 1. The van der Waals surface area contributed by atoms with Crippen molar-refractivity contribution < 1.29 is 13.9 Å². The number of carbonyl (C=O) groups is 1. The van der Waals surface area contributed by atoms with Gasteiger partial charge in [-0.05, 0) is 54.8 Å². The Morgan fingerprint density at radius 3 is 2.67 bits per heavy atom. The lowest BCUT2D eigenvalue weighted by Gasteiger charge is -2.26. The van der Waals surface area contributed by atoms with E-state index in [9.17, 15) is 4.79 Å². The number of benzene rings is 2. The molecule has 2 aromatic carbocycles. The summed E-state index contributed by atoms with van der Waals surface area (Å²) in [6.45, 7) is 0.739. The second-order valence-corrected chi connectivity index (χ2v) is 7.19. The summed E-state index contributed by atoms with van der Waals surface area (Å²) < 4.78 is 11.2. The Morgan fingerprint density at radius 2 is 2.00 bits per heavy atom. The number of halogens is 1. The van der Waals surface area contributed by atoms with E-state index in [4.69, 9.17) is 20.8 Å². The SMILES string of the molecule is COc1ccc(CNC2CCC2)c2cc(C(=O)Nc3ccc(Cl)cc3)oc12. The molecular formula is C21H21ClN2O3. The molecule has 1 aromatic heterocycles. The molecule has 0 spiro atoms. The van der Waals surface area contributed by atoms with Gasteiger partial charge in [0.2, 0.25) is 0 Å². The van der Waals surface area contributed by atoms with Gasteiger partial charge in [-0.15, -0.1) is 0 Å². The number of ether oxygens (including phenoxy) is 1. The zero-order valence-electron chi connectivity index (χ0n) is 15.0. The molecule has 1 fully saturated rings. The average Bonchev–Trinajstić information content (AvgIpc) is 3.08. The number of anilines is 1. The van der Waals surface area contributed by atoms with Gasteiger partial charge in [-0.25, -0.2) is 0 Å². The van der Waals surface area contributed by atoms with Crippen LogP contribution in [-0.2, 0) is 6.54 Å². The van der Waals surface area contributed by atoms with Gasteiger partial charge in [0.15, 0.2) is 17.1 Å². The van der Waals surface area contributed by atoms with Crippen molar-refractivity contribution in [3.8, 4) is 5.75 Å². The summed E-state index contributed by atoms with van der Waals surface area (Å²) in [5.41, 5.74) is 2.34. The predicted octanol–water partition coefficient (Wildman–Crippen LogP) is 4.99. The molecule has 2 N–H and O–H groups in total. The summed E-state index contributed by atoms with van der Waals surface area (Å²) in [6.07, 6.45) is 3.73. The van der Waals surface area contributed by atoms with E-state index in [1.54, 1.807) is 37.4 Å². The highest BCUT2D eigenvalue weighted by molar-refractivity contribution is 6.30. The van der Waals surface area contributed by atoms with Crippen molar-refractivity contribution in [1.82, 2.24) is 5.32 Å². The maximum atomic E-state index is 12.6. The Balaban J connectivity index is 1.60. The van der Waals surface area contributed by atoms with Crippen molar-refractivity contribution in [1.29, 1.82) is 0 Å². The molecular weight excluding hydrogens is 364 g/mol. The molecule has 1 saturated carbocycles. The highest BCUT2D eigenvalue weighted by Crippen LogP contribution is 2.32. The zero-order chi connectivity index (χ0) is 18.8. The Hall–Kier alpha value is -2.50. The van der Waals surface area contributed by atoms with Gasteiger partial charge in [-0.1, -0.05) is 24.1 Å². The molecule has 0 aliphatic heterocycles. The van der Waals surface area contributed by atoms with Crippen LogP contribution in [0.15, 0.2) is 46.9 Å². The Bertz CT molecular complexity index is 961. The summed E-state index contributed by atoms with van der Waals surface area (Å²) >= 11 is 5.88. The number of hydrogen-bond donors (Lipinski definition) is 2. The van der Waals surface area contributed by atoms with Crippen molar-refractivity contribution >= 4 is 34.2 Å². The fourth-order valence-corrected chi connectivity index (χ4v) is 3.30. The zero-order valence-corrected chi connectivity index (χ0v) is 15.8. The lowest BCUT2D eigenvalue weighted by atomic mass is 9.93. The van der Waals surface area contributed by atoms with Crippen molar-refractivity contribution in [2.45, 2.75) is 31.8 Å². The van der Waals surface area contributed by atoms with E-state index in [0.29, 0.717) is 28.1 Å². The first-order valence-corrected chi connectivity index (χ1v) is 9.41. The first-order chi connectivity index (χ1) is 13.1. The summed E-state index contributed by atoms with van der Waals surface area (Å²) in [7, 11) is 1.59. The third-order valence-corrected chi connectivity index (χ3v) is 5.22. The summed E-state index contributed by atoms with van der Waals surface area (Å²) in [6, 6.07) is 13.2. The van der Waals surface area contributed by atoms with Crippen LogP contribution in [0, 0.1) is 0 Å². The second-order valence-electron chi connectivity index (χ2n) is 6.75. The molecule has 3 aromatic rings. The maximum Gasteiger partial charge on any atom is 0.291 e. The van der Waals surface area contributed by atoms with E-state index in [2.05, 4.69) is 10.6 Å². The van der Waals surface area contributed by atoms with Gasteiger partial charge in [0.25, 0.3) is 5.91 Å².